The van der Waals surface area contributed by atoms with Gasteiger partial charge in [-0.1, -0.05) is 13.8 Å². The van der Waals surface area contributed by atoms with Gasteiger partial charge in [0.1, 0.15) is 17.0 Å². The van der Waals surface area contributed by atoms with Crippen molar-refractivity contribution in [3.05, 3.63) is 29.7 Å². The van der Waals surface area contributed by atoms with Gasteiger partial charge in [0.2, 0.25) is 11.7 Å². The number of furan rings is 1. The van der Waals surface area contributed by atoms with Crippen LogP contribution in [-0.4, -0.2) is 23.2 Å². The molecular formula is C15H15N3O3S. The molecule has 0 aliphatic heterocycles. The second kappa shape index (κ2) is 7.00. The second-order valence-electron chi connectivity index (χ2n) is 5.12. The van der Waals surface area contributed by atoms with Gasteiger partial charge in [-0.2, -0.15) is 5.26 Å². The van der Waals surface area contributed by atoms with E-state index in [1.807, 2.05) is 13.8 Å². The van der Waals surface area contributed by atoms with Crippen LogP contribution in [0.5, 0.6) is 0 Å². The van der Waals surface area contributed by atoms with Crippen LogP contribution in [-0.2, 0) is 4.79 Å². The Hall–Kier alpha value is -2.46. The lowest BCUT2D eigenvalue weighted by Crippen LogP contribution is -2.36. The van der Waals surface area contributed by atoms with E-state index >= 15 is 0 Å². The summed E-state index contributed by atoms with van der Waals surface area (Å²) >= 11 is 1.26. The molecule has 0 fully saturated rings. The number of hydrogen-bond donors (Lipinski definition) is 1. The van der Waals surface area contributed by atoms with Crippen LogP contribution in [0.15, 0.2) is 28.4 Å². The average Bonchev–Trinajstić information content (AvgIpc) is 3.16. The lowest BCUT2D eigenvalue weighted by atomic mass is 10.0. The summed E-state index contributed by atoms with van der Waals surface area (Å²) in [5, 5.41) is 13.9. The van der Waals surface area contributed by atoms with Crippen molar-refractivity contribution in [1.29, 1.82) is 5.26 Å². The van der Waals surface area contributed by atoms with Crippen LogP contribution in [0.1, 0.15) is 24.3 Å². The van der Waals surface area contributed by atoms with Crippen LogP contribution in [0, 0.1) is 23.2 Å². The Bertz CT molecular complexity index is 698. The summed E-state index contributed by atoms with van der Waals surface area (Å²) in [6, 6.07) is 3.48. The maximum absolute atomic E-state index is 12.3. The number of rotatable bonds is 6. The van der Waals surface area contributed by atoms with Crippen LogP contribution in [0.4, 0.5) is 0 Å². The molecule has 2 rings (SSSR count). The predicted molar refractivity (Wildman–Crippen MR) is 81.1 cm³/mol. The summed E-state index contributed by atoms with van der Waals surface area (Å²) in [7, 11) is 0. The molecular weight excluding hydrogens is 302 g/mol. The molecule has 22 heavy (non-hydrogen) atoms. The van der Waals surface area contributed by atoms with Crippen molar-refractivity contribution in [2.75, 3.05) is 6.54 Å². The first-order chi connectivity index (χ1) is 10.5. The number of carbonyl (C=O) groups excluding carboxylic acids is 2. The number of Topliss-reactive ketones (excluding diaryl/α,β-unsaturated/α-hetero) is 1. The molecule has 0 saturated heterocycles. The number of nitrogens with zero attached hydrogens (tertiary/aromatic N) is 2. The third-order valence-corrected chi connectivity index (χ3v) is 3.75. The number of nitrogens with one attached hydrogen (secondary N) is 1. The average molecular weight is 317 g/mol. The first-order valence-corrected chi connectivity index (χ1v) is 7.60. The van der Waals surface area contributed by atoms with Gasteiger partial charge in [-0.05, 0) is 12.0 Å². The maximum atomic E-state index is 12.3. The van der Waals surface area contributed by atoms with E-state index in [1.165, 1.54) is 23.9 Å². The van der Waals surface area contributed by atoms with Gasteiger partial charge in [-0.3, -0.25) is 9.59 Å². The number of aromatic nitrogens is 1. The standard InChI is InChI=1S/C15H15N3O3S/c1-9(2)6-17-14(20)11(5-16)13(19)12-8-22-15(18-12)10-3-4-21-7-10/h3-4,7-9,11H,6H2,1-2H3,(H,17,20). The summed E-state index contributed by atoms with van der Waals surface area (Å²) in [5.74, 6) is -2.31. The molecule has 0 spiro atoms. The van der Waals surface area contributed by atoms with Crippen LogP contribution in [0.25, 0.3) is 10.6 Å². The summed E-state index contributed by atoms with van der Waals surface area (Å²) in [6.45, 7) is 4.28. The van der Waals surface area contributed by atoms with Gasteiger partial charge in [0.15, 0.2) is 5.92 Å². The van der Waals surface area contributed by atoms with Gasteiger partial charge in [0.05, 0.1) is 12.3 Å². The molecule has 114 valence electrons. The molecule has 2 heterocycles. The molecule has 2 aromatic rings. The Morgan fingerprint density at radius 3 is 2.86 bits per heavy atom. The highest BCUT2D eigenvalue weighted by Gasteiger charge is 2.29. The molecule has 0 saturated carbocycles. The van der Waals surface area contributed by atoms with E-state index in [9.17, 15) is 9.59 Å². The van der Waals surface area contributed by atoms with Crippen LogP contribution in [0.3, 0.4) is 0 Å². The maximum Gasteiger partial charge on any atom is 0.245 e. The predicted octanol–water partition coefficient (Wildman–Crippen LogP) is 2.50. The fourth-order valence-electron chi connectivity index (χ4n) is 1.70. The summed E-state index contributed by atoms with van der Waals surface area (Å²) in [4.78, 5) is 28.4. The highest BCUT2D eigenvalue weighted by atomic mass is 32.1. The number of ketones is 1. The largest absolute Gasteiger partial charge is 0.472 e. The van der Waals surface area contributed by atoms with E-state index in [4.69, 9.17) is 9.68 Å². The minimum absolute atomic E-state index is 0.118. The Labute approximate surface area is 131 Å². The van der Waals surface area contributed by atoms with Gasteiger partial charge in [-0.25, -0.2) is 4.98 Å². The van der Waals surface area contributed by atoms with Crippen molar-refractivity contribution >= 4 is 23.0 Å². The topological polar surface area (TPSA) is 96.0 Å². The number of nitriles is 1. The zero-order chi connectivity index (χ0) is 16.1. The zero-order valence-corrected chi connectivity index (χ0v) is 13.0. The Balaban J connectivity index is 2.12. The quantitative estimate of drug-likeness (QED) is 0.652. The molecule has 0 aliphatic rings. The monoisotopic (exact) mass is 317 g/mol. The fourth-order valence-corrected chi connectivity index (χ4v) is 2.49. The third-order valence-electron chi connectivity index (χ3n) is 2.86. The van der Waals surface area contributed by atoms with Gasteiger partial charge in [0.25, 0.3) is 0 Å². The fraction of sp³-hybridized carbons (Fsp3) is 0.333. The third kappa shape index (κ3) is 3.59. The van der Waals surface area contributed by atoms with Crippen molar-refractivity contribution in [1.82, 2.24) is 10.3 Å². The summed E-state index contributed by atoms with van der Waals surface area (Å²) in [6.07, 6.45) is 3.03. The van der Waals surface area contributed by atoms with Crippen molar-refractivity contribution in [2.45, 2.75) is 13.8 Å². The molecule has 7 heteroatoms. The van der Waals surface area contributed by atoms with E-state index in [-0.39, 0.29) is 11.6 Å². The second-order valence-corrected chi connectivity index (χ2v) is 5.97. The lowest BCUT2D eigenvalue weighted by Gasteiger charge is -2.10. The molecule has 0 radical (unpaired) electrons. The molecule has 1 N–H and O–H groups in total. The normalized spacial score (nSPS) is 11.9. The highest BCUT2D eigenvalue weighted by Crippen LogP contribution is 2.25. The smallest absolute Gasteiger partial charge is 0.245 e. The van der Waals surface area contributed by atoms with Gasteiger partial charge < -0.3 is 9.73 Å². The van der Waals surface area contributed by atoms with Crippen LogP contribution in [0.2, 0.25) is 0 Å². The molecule has 0 bridgehead atoms. The van der Waals surface area contributed by atoms with Crippen LogP contribution >= 0.6 is 11.3 Å². The molecule has 0 aliphatic carbocycles. The minimum Gasteiger partial charge on any atom is -0.472 e. The Kier molecular flexibility index (Phi) is 5.07. The van der Waals surface area contributed by atoms with Gasteiger partial charge in [0, 0.05) is 17.5 Å². The number of amides is 1. The van der Waals surface area contributed by atoms with E-state index in [2.05, 4.69) is 10.3 Å². The first-order valence-electron chi connectivity index (χ1n) is 6.72. The molecule has 1 atom stereocenters. The zero-order valence-electron chi connectivity index (χ0n) is 12.2. The minimum atomic E-state index is -1.38. The summed E-state index contributed by atoms with van der Waals surface area (Å²) < 4.78 is 4.97. The first kappa shape index (κ1) is 15.9. The van der Waals surface area contributed by atoms with E-state index in [1.54, 1.807) is 17.5 Å². The highest BCUT2D eigenvalue weighted by molar-refractivity contribution is 7.13. The van der Waals surface area contributed by atoms with Gasteiger partial charge in [-0.15, -0.1) is 11.3 Å². The molecule has 0 aromatic carbocycles. The SMILES string of the molecule is CC(C)CNC(=O)C(C#N)C(=O)c1csc(-c2ccoc2)n1. The number of hydrogen-bond acceptors (Lipinski definition) is 6. The summed E-state index contributed by atoms with van der Waals surface area (Å²) in [5.41, 5.74) is 0.870. The molecule has 1 unspecified atom stereocenters. The number of carbonyl (C=O) groups is 2. The molecule has 6 nitrogen and oxygen atoms in total. The van der Waals surface area contributed by atoms with Crippen molar-refractivity contribution < 1.29 is 14.0 Å². The number of thiazole rings is 1. The van der Waals surface area contributed by atoms with Crippen LogP contribution < -0.4 is 5.32 Å². The van der Waals surface area contributed by atoms with E-state index in [0.717, 1.165) is 5.56 Å². The van der Waals surface area contributed by atoms with Crippen molar-refractivity contribution in [3.63, 3.8) is 0 Å². The van der Waals surface area contributed by atoms with Crippen molar-refractivity contribution in [2.24, 2.45) is 11.8 Å². The Morgan fingerprint density at radius 1 is 1.50 bits per heavy atom. The van der Waals surface area contributed by atoms with Crippen molar-refractivity contribution in [3.8, 4) is 16.6 Å². The van der Waals surface area contributed by atoms with Gasteiger partial charge >= 0.3 is 0 Å². The Morgan fingerprint density at radius 2 is 2.27 bits per heavy atom. The molecule has 2 aromatic heterocycles. The lowest BCUT2D eigenvalue weighted by molar-refractivity contribution is -0.122. The van der Waals surface area contributed by atoms with E-state index in [0.29, 0.717) is 11.6 Å². The van der Waals surface area contributed by atoms with E-state index < -0.39 is 17.6 Å². The molecule has 1 amide bonds.